The molecule has 2 N–H and O–H groups in total. The summed E-state index contributed by atoms with van der Waals surface area (Å²) in [6.45, 7) is 1.80. The van der Waals surface area contributed by atoms with Gasteiger partial charge >= 0.3 is 0 Å². The molecule has 0 spiro atoms. The predicted octanol–water partition coefficient (Wildman–Crippen LogP) is 0.733. The number of ether oxygens (including phenoxy) is 1. The lowest BCUT2D eigenvalue weighted by Crippen LogP contribution is -2.32. The van der Waals surface area contributed by atoms with E-state index < -0.39 is 18.3 Å². The molecule has 4 nitrogen and oxygen atoms in total. The maximum Gasteiger partial charge on any atom is 0.194 e. The van der Waals surface area contributed by atoms with E-state index in [1.807, 2.05) is 6.08 Å². The van der Waals surface area contributed by atoms with Crippen LogP contribution in [0.3, 0.4) is 0 Å². The van der Waals surface area contributed by atoms with E-state index in [2.05, 4.69) is 6.92 Å². The number of aliphatic hydroxyl groups excluding tert-OH is 2. The number of Topliss-reactive ketones (excluding diaryl/α,β-unsaturated/α-hetero) is 1. The monoisotopic (exact) mass is 238 g/mol. The second-order valence-electron chi connectivity index (χ2n) is 4.47. The van der Waals surface area contributed by atoms with Gasteiger partial charge in [-0.25, -0.2) is 0 Å². The molecule has 94 valence electrons. The molecule has 1 aliphatic carbocycles. The van der Waals surface area contributed by atoms with E-state index in [1.165, 1.54) is 0 Å². The number of carbonyl (C=O) groups excluding carboxylic acids is 1. The Hall–Kier alpha value is -0.970. The summed E-state index contributed by atoms with van der Waals surface area (Å²) in [5.74, 6) is -0.114. The van der Waals surface area contributed by atoms with Gasteiger partial charge < -0.3 is 14.9 Å². The van der Waals surface area contributed by atoms with Crippen molar-refractivity contribution >= 4 is 5.78 Å². The molecule has 3 atom stereocenters. The van der Waals surface area contributed by atoms with Crippen LogP contribution in [0, 0.1) is 0 Å². The van der Waals surface area contributed by atoms with Crippen LogP contribution >= 0.6 is 0 Å². The summed E-state index contributed by atoms with van der Waals surface area (Å²) in [5.41, 5.74) is 0.816. The van der Waals surface area contributed by atoms with Crippen molar-refractivity contribution < 1.29 is 19.7 Å². The number of hydrogen-bond donors (Lipinski definition) is 2. The van der Waals surface area contributed by atoms with Gasteiger partial charge in [-0.1, -0.05) is 31.9 Å². The van der Waals surface area contributed by atoms with Gasteiger partial charge in [-0.3, -0.25) is 4.79 Å². The van der Waals surface area contributed by atoms with Crippen LogP contribution < -0.4 is 0 Å². The van der Waals surface area contributed by atoms with Crippen molar-refractivity contribution in [3.8, 4) is 0 Å². The number of fused-ring (bicyclic) bond motifs is 1. The van der Waals surface area contributed by atoms with Crippen molar-refractivity contribution in [3.63, 3.8) is 0 Å². The first-order valence-electron chi connectivity index (χ1n) is 6.08. The molecule has 0 saturated carbocycles. The lowest BCUT2D eigenvalue weighted by atomic mass is 9.88. The average molecular weight is 238 g/mol. The molecule has 4 heteroatoms. The molecule has 0 radical (unpaired) electrons. The summed E-state index contributed by atoms with van der Waals surface area (Å²) in [7, 11) is 0. The Morgan fingerprint density at radius 2 is 2.24 bits per heavy atom. The number of unbranched alkanes of at least 4 members (excludes halogenated alkanes) is 2. The zero-order chi connectivity index (χ0) is 12.4. The Morgan fingerprint density at radius 1 is 1.47 bits per heavy atom. The Labute approximate surface area is 101 Å². The first-order valence-corrected chi connectivity index (χ1v) is 6.08. The van der Waals surface area contributed by atoms with Crippen LogP contribution in [0.4, 0.5) is 0 Å². The number of hydrogen-bond acceptors (Lipinski definition) is 4. The topological polar surface area (TPSA) is 70.1 Å². The maximum absolute atomic E-state index is 11.9. The largest absolute Gasteiger partial charge is 0.392 e. The summed E-state index contributed by atoms with van der Waals surface area (Å²) in [6.07, 6.45) is 4.93. The summed E-state index contributed by atoms with van der Waals surface area (Å²) in [4.78, 5) is 11.9. The van der Waals surface area contributed by atoms with Gasteiger partial charge in [0.05, 0.1) is 6.61 Å². The zero-order valence-corrected chi connectivity index (χ0v) is 9.93. The number of allylic oxidation sites excluding steroid dienone is 2. The van der Waals surface area contributed by atoms with Gasteiger partial charge in [0, 0.05) is 5.57 Å². The molecule has 0 bridgehead atoms. The fourth-order valence-electron chi connectivity index (χ4n) is 2.14. The molecule has 1 aliphatic heterocycles. The summed E-state index contributed by atoms with van der Waals surface area (Å²) in [6, 6.07) is 0. The van der Waals surface area contributed by atoms with Crippen molar-refractivity contribution in [2.75, 3.05) is 6.61 Å². The van der Waals surface area contributed by atoms with E-state index >= 15 is 0 Å². The molecule has 1 fully saturated rings. The lowest BCUT2D eigenvalue weighted by molar-refractivity contribution is -0.116. The molecular weight excluding hydrogens is 220 g/mol. The molecule has 2 rings (SSSR count). The van der Waals surface area contributed by atoms with Gasteiger partial charge in [0.2, 0.25) is 0 Å². The fraction of sp³-hybridized carbons (Fsp3) is 0.615. The van der Waals surface area contributed by atoms with Gasteiger partial charge in [-0.2, -0.15) is 0 Å². The Balaban J connectivity index is 2.14. The molecule has 2 aliphatic rings. The first-order chi connectivity index (χ1) is 8.20. The number of ketones is 1. The summed E-state index contributed by atoms with van der Waals surface area (Å²) in [5, 5.41) is 19.1. The minimum absolute atomic E-state index is 0.114. The van der Waals surface area contributed by atoms with Crippen LogP contribution in [-0.4, -0.2) is 40.9 Å². The number of epoxide rings is 1. The molecule has 17 heavy (non-hydrogen) atoms. The smallest absolute Gasteiger partial charge is 0.194 e. The Morgan fingerprint density at radius 3 is 2.88 bits per heavy atom. The second-order valence-corrected chi connectivity index (χ2v) is 4.47. The van der Waals surface area contributed by atoms with Crippen molar-refractivity contribution in [2.24, 2.45) is 0 Å². The van der Waals surface area contributed by atoms with E-state index in [9.17, 15) is 15.0 Å². The van der Waals surface area contributed by atoms with Gasteiger partial charge in [-0.15, -0.1) is 0 Å². The zero-order valence-electron chi connectivity index (χ0n) is 9.93. The average Bonchev–Trinajstić information content (AvgIpc) is 3.11. The predicted molar refractivity (Wildman–Crippen MR) is 62.5 cm³/mol. The summed E-state index contributed by atoms with van der Waals surface area (Å²) >= 11 is 0. The summed E-state index contributed by atoms with van der Waals surface area (Å²) < 4.78 is 5.11. The standard InChI is InChI=1S/C13H18O4/c1-2-3-4-5-6-8-9(7-14)11(16)13-12(17-13)10(8)15/h5-6,11-14,16H,2-4,7H2,1H3/b6-5+. The highest BCUT2D eigenvalue weighted by atomic mass is 16.6. The lowest BCUT2D eigenvalue weighted by Gasteiger charge is -2.18. The fourth-order valence-corrected chi connectivity index (χ4v) is 2.14. The molecule has 1 heterocycles. The highest BCUT2D eigenvalue weighted by molar-refractivity contribution is 6.05. The molecule has 3 unspecified atom stereocenters. The van der Waals surface area contributed by atoms with Crippen LogP contribution in [0.1, 0.15) is 26.2 Å². The molecule has 0 amide bonds. The van der Waals surface area contributed by atoms with E-state index in [0.717, 1.165) is 19.3 Å². The van der Waals surface area contributed by atoms with Gasteiger partial charge in [0.15, 0.2) is 5.78 Å². The van der Waals surface area contributed by atoms with Crippen molar-refractivity contribution in [1.29, 1.82) is 0 Å². The normalized spacial score (nSPS) is 32.2. The molecule has 0 aromatic rings. The number of rotatable bonds is 5. The molecule has 0 aromatic heterocycles. The number of carbonyl (C=O) groups is 1. The van der Waals surface area contributed by atoms with Crippen molar-refractivity contribution in [1.82, 2.24) is 0 Å². The van der Waals surface area contributed by atoms with E-state index in [1.54, 1.807) is 6.08 Å². The van der Waals surface area contributed by atoms with E-state index in [-0.39, 0.29) is 12.4 Å². The van der Waals surface area contributed by atoms with Gasteiger partial charge in [-0.05, 0) is 12.0 Å². The molecular formula is C13H18O4. The minimum Gasteiger partial charge on any atom is -0.392 e. The quantitative estimate of drug-likeness (QED) is 0.547. The molecule has 0 aromatic carbocycles. The highest BCUT2D eigenvalue weighted by Gasteiger charge is 2.55. The Kier molecular flexibility index (Phi) is 3.76. The van der Waals surface area contributed by atoms with Gasteiger partial charge in [0.1, 0.15) is 18.3 Å². The second kappa shape index (κ2) is 5.12. The van der Waals surface area contributed by atoms with Crippen LogP contribution in [0.25, 0.3) is 0 Å². The Bertz CT molecular complexity index is 370. The van der Waals surface area contributed by atoms with E-state index in [4.69, 9.17) is 4.74 Å². The SMILES string of the molecule is CCCC/C=C/C1=C(CO)C(O)C2OC2C1=O. The van der Waals surface area contributed by atoms with Crippen LogP contribution in [0.2, 0.25) is 0 Å². The van der Waals surface area contributed by atoms with Crippen LogP contribution in [0.15, 0.2) is 23.3 Å². The van der Waals surface area contributed by atoms with Gasteiger partial charge in [0.25, 0.3) is 0 Å². The van der Waals surface area contributed by atoms with Crippen LogP contribution in [0.5, 0.6) is 0 Å². The van der Waals surface area contributed by atoms with Crippen molar-refractivity contribution in [2.45, 2.75) is 44.5 Å². The maximum atomic E-state index is 11.9. The van der Waals surface area contributed by atoms with Crippen molar-refractivity contribution in [3.05, 3.63) is 23.3 Å². The number of aliphatic hydroxyl groups is 2. The minimum atomic E-state index is -0.839. The highest BCUT2D eigenvalue weighted by Crippen LogP contribution is 2.38. The third kappa shape index (κ3) is 2.34. The van der Waals surface area contributed by atoms with E-state index in [0.29, 0.717) is 11.1 Å². The molecule has 1 saturated heterocycles. The third-order valence-electron chi connectivity index (χ3n) is 3.24. The third-order valence-corrected chi connectivity index (χ3v) is 3.24. The first kappa shape index (κ1) is 12.5. The van der Waals surface area contributed by atoms with Crippen LogP contribution in [-0.2, 0) is 9.53 Å².